The van der Waals surface area contributed by atoms with E-state index in [0.29, 0.717) is 30.5 Å². The molecular formula is C46H46F3N9O5. The second kappa shape index (κ2) is 15.5. The summed E-state index contributed by atoms with van der Waals surface area (Å²) in [5.74, 6) is -2.38. The highest BCUT2D eigenvalue weighted by molar-refractivity contribution is 6.23. The second-order valence-electron chi connectivity index (χ2n) is 17.6. The van der Waals surface area contributed by atoms with Crippen LogP contribution in [0.4, 0.5) is 35.9 Å². The van der Waals surface area contributed by atoms with Gasteiger partial charge in [-0.2, -0.15) is 13.2 Å². The lowest BCUT2D eigenvalue weighted by atomic mass is 9.75. The van der Waals surface area contributed by atoms with E-state index in [9.17, 15) is 37.1 Å². The number of hydrogen-bond acceptors (Lipinski definition) is 9. The lowest BCUT2D eigenvalue weighted by Gasteiger charge is -2.52. The smallest absolute Gasteiger partial charge is 0.371 e. The van der Waals surface area contributed by atoms with Gasteiger partial charge in [0.1, 0.15) is 11.6 Å². The Labute approximate surface area is 361 Å². The molecule has 3 aromatic carbocycles. The van der Waals surface area contributed by atoms with Crippen LogP contribution >= 0.6 is 0 Å². The van der Waals surface area contributed by atoms with E-state index in [1.807, 2.05) is 29.0 Å². The fraction of sp³-hybridized carbons (Fsp3) is 0.435. The highest BCUT2D eigenvalue weighted by Crippen LogP contribution is 2.44. The van der Waals surface area contributed by atoms with Crippen molar-refractivity contribution in [2.75, 3.05) is 67.5 Å². The molecule has 0 bridgehead atoms. The Morgan fingerprint density at radius 1 is 0.778 bits per heavy atom. The molecule has 5 aliphatic heterocycles. The van der Waals surface area contributed by atoms with Gasteiger partial charge in [-0.05, 0) is 93.1 Å². The summed E-state index contributed by atoms with van der Waals surface area (Å²) >= 11 is 0. The van der Waals surface area contributed by atoms with E-state index >= 15 is 0 Å². The molecule has 1 saturated carbocycles. The summed E-state index contributed by atoms with van der Waals surface area (Å²) in [6, 6.07) is 16.9. The number of rotatable bonds is 8. The van der Waals surface area contributed by atoms with E-state index < -0.39 is 52.6 Å². The first-order chi connectivity index (χ1) is 30.3. The molecule has 4 aromatic rings. The Balaban J connectivity index is 0.709. The maximum atomic E-state index is 13.8. The van der Waals surface area contributed by atoms with Crippen molar-refractivity contribution in [2.45, 2.75) is 74.8 Å². The number of carbonyl (C=O) groups is 5. The number of fused-ring (bicyclic) bond motifs is 2. The van der Waals surface area contributed by atoms with Crippen LogP contribution in [0.15, 0.2) is 66.9 Å². The largest absolute Gasteiger partial charge is 0.407 e. The average Bonchev–Trinajstić information content (AvgIpc) is 3.77. The van der Waals surface area contributed by atoms with Crippen molar-refractivity contribution >= 4 is 63.2 Å². The van der Waals surface area contributed by atoms with Crippen molar-refractivity contribution in [2.24, 2.45) is 0 Å². The summed E-state index contributed by atoms with van der Waals surface area (Å²) in [5, 5.41) is 5.96. The molecular weight excluding hydrogens is 816 g/mol. The van der Waals surface area contributed by atoms with Crippen molar-refractivity contribution in [3.05, 3.63) is 95.0 Å². The third-order valence-corrected chi connectivity index (χ3v) is 14.3. The number of hydrogen-bond donors (Lipinski definition) is 2. The third kappa shape index (κ3) is 7.09. The van der Waals surface area contributed by atoms with Crippen LogP contribution in [0.25, 0.3) is 15.7 Å². The summed E-state index contributed by atoms with van der Waals surface area (Å²) in [4.78, 5) is 78.2. The zero-order valence-corrected chi connectivity index (χ0v) is 34.5. The molecule has 1 unspecified atom stereocenters. The Kier molecular flexibility index (Phi) is 10.1. The van der Waals surface area contributed by atoms with E-state index in [1.54, 1.807) is 12.1 Å². The number of likely N-dealkylation sites (tertiary alicyclic amines) is 1. The second-order valence-corrected chi connectivity index (χ2v) is 17.6. The molecule has 4 saturated heterocycles. The molecule has 6 heterocycles. The van der Waals surface area contributed by atoms with Crippen molar-refractivity contribution in [3.8, 4) is 0 Å². The number of imide groups is 2. The monoisotopic (exact) mass is 861 g/mol. The van der Waals surface area contributed by atoms with Crippen LogP contribution < -0.4 is 20.4 Å². The summed E-state index contributed by atoms with van der Waals surface area (Å²) in [5.41, 5.74) is 0.990. The minimum atomic E-state index is -4.71. The first kappa shape index (κ1) is 40.8. The first-order valence-corrected chi connectivity index (χ1v) is 21.7. The zero-order chi connectivity index (χ0) is 43.8. The first-order valence-electron chi connectivity index (χ1n) is 21.7. The number of benzene rings is 3. The van der Waals surface area contributed by atoms with Gasteiger partial charge in [0.25, 0.3) is 17.7 Å². The lowest BCUT2D eigenvalue weighted by molar-refractivity contribution is -0.137. The molecule has 14 nitrogen and oxygen atoms in total. The number of nitrogens with zero attached hydrogens (tertiary/aromatic N) is 7. The summed E-state index contributed by atoms with van der Waals surface area (Å²) in [6.07, 6.45) is 1.45. The molecule has 1 aliphatic carbocycles. The number of nitrogens with one attached hydrogen (secondary N) is 2. The highest BCUT2D eigenvalue weighted by Gasteiger charge is 2.48. The molecule has 6 aliphatic rings. The lowest BCUT2D eigenvalue weighted by Crippen LogP contribution is -2.66. The van der Waals surface area contributed by atoms with Crippen LogP contribution in [0.1, 0.15) is 71.2 Å². The van der Waals surface area contributed by atoms with Crippen LogP contribution in [0.5, 0.6) is 0 Å². The average molecular weight is 862 g/mol. The summed E-state index contributed by atoms with van der Waals surface area (Å²) in [7, 11) is 0. The van der Waals surface area contributed by atoms with Crippen LogP contribution in [-0.2, 0) is 26.1 Å². The predicted octanol–water partition coefficient (Wildman–Crippen LogP) is 5.61. The van der Waals surface area contributed by atoms with Crippen LogP contribution in [0, 0.1) is 6.57 Å². The van der Waals surface area contributed by atoms with E-state index in [4.69, 9.17) is 6.57 Å². The van der Waals surface area contributed by atoms with Crippen molar-refractivity contribution in [1.82, 2.24) is 24.6 Å². The number of aromatic nitrogens is 1. The summed E-state index contributed by atoms with van der Waals surface area (Å²) in [6.45, 7) is 14.4. The van der Waals surface area contributed by atoms with E-state index in [0.717, 1.165) is 111 Å². The molecule has 326 valence electrons. The van der Waals surface area contributed by atoms with Gasteiger partial charge in [-0.1, -0.05) is 6.07 Å². The Morgan fingerprint density at radius 3 is 2.16 bits per heavy atom. The normalized spacial score (nSPS) is 22.4. The molecule has 1 aromatic heterocycles. The number of amides is 5. The minimum absolute atomic E-state index is 0.0117. The number of carbonyl (C=O) groups excluding carboxylic acids is 5. The molecule has 2 N–H and O–H groups in total. The number of halogens is 3. The van der Waals surface area contributed by atoms with Gasteiger partial charge in [0.2, 0.25) is 11.8 Å². The minimum Gasteiger partial charge on any atom is -0.371 e. The Bertz CT molecular complexity index is 2590. The van der Waals surface area contributed by atoms with Crippen LogP contribution in [-0.4, -0.2) is 119 Å². The Morgan fingerprint density at radius 2 is 1.48 bits per heavy atom. The third-order valence-electron chi connectivity index (χ3n) is 14.3. The van der Waals surface area contributed by atoms with Gasteiger partial charge in [-0.15, -0.1) is 0 Å². The highest BCUT2D eigenvalue weighted by atomic mass is 19.4. The maximum absolute atomic E-state index is 13.8. The predicted molar refractivity (Wildman–Crippen MR) is 228 cm³/mol. The van der Waals surface area contributed by atoms with Gasteiger partial charge in [-0.25, -0.2) is 4.85 Å². The fourth-order valence-corrected chi connectivity index (χ4v) is 10.5. The summed E-state index contributed by atoms with van der Waals surface area (Å²) < 4.78 is 42.9. The number of anilines is 3. The van der Waals surface area contributed by atoms with Gasteiger partial charge >= 0.3 is 6.18 Å². The fourth-order valence-electron chi connectivity index (χ4n) is 10.5. The number of piperidine rings is 2. The van der Waals surface area contributed by atoms with E-state index in [1.165, 1.54) is 6.07 Å². The van der Waals surface area contributed by atoms with Crippen molar-refractivity contribution in [1.29, 1.82) is 0 Å². The van der Waals surface area contributed by atoms with E-state index in [-0.39, 0.29) is 30.0 Å². The molecule has 0 spiro atoms. The Hall–Kier alpha value is -6.25. The molecule has 17 heteroatoms. The van der Waals surface area contributed by atoms with Gasteiger partial charge in [0.15, 0.2) is 5.69 Å². The topological polar surface area (TPSA) is 135 Å². The number of piperazine rings is 1. The molecule has 1 atom stereocenters. The van der Waals surface area contributed by atoms with E-state index in [2.05, 4.69) is 47.2 Å². The number of alkyl halides is 3. The van der Waals surface area contributed by atoms with Crippen molar-refractivity contribution < 1.29 is 37.1 Å². The van der Waals surface area contributed by atoms with Gasteiger partial charge in [-0.3, -0.25) is 44.0 Å². The van der Waals surface area contributed by atoms with Crippen molar-refractivity contribution in [3.63, 3.8) is 0 Å². The SMILES string of the molecule is [C-]#[N+]c1ccc(NC(=O)C2(n3ccc4cc(N5CCC(N6CC(N7CCN(c8ccc9c(c8)C(=O)N(C8CCC(=O)NC8=O)C9=O)CC7)C6)CC5)ccc43)CCC2)cc1C(F)(F)F. The van der Waals surface area contributed by atoms with Gasteiger partial charge < -0.3 is 19.7 Å². The van der Waals surface area contributed by atoms with Gasteiger partial charge in [0.05, 0.1) is 23.3 Å². The molecule has 5 fully saturated rings. The quantitative estimate of drug-likeness (QED) is 0.172. The molecule has 63 heavy (non-hydrogen) atoms. The van der Waals surface area contributed by atoms with Gasteiger partial charge in [0, 0.05) is 105 Å². The molecule has 5 amide bonds. The van der Waals surface area contributed by atoms with Crippen LogP contribution in [0.2, 0.25) is 0 Å². The molecule has 0 radical (unpaired) electrons. The van der Waals surface area contributed by atoms with Crippen LogP contribution in [0.3, 0.4) is 0 Å². The maximum Gasteiger partial charge on any atom is 0.407 e. The molecule has 10 rings (SSSR count). The standard InChI is InChI=1S/C46H46F3N9O5/c1-50-37-7-3-29(24-36(37)46(47,48)49)51-44(63)45(14-2-15-45)57-18-11-28-23-31(5-8-38(28)57)53-16-12-30(13-17-53)56-26-33(27-56)55-21-19-54(20-22-55)32-4-6-34-35(25-32)43(62)58(42(34)61)39-9-10-40(59)52-41(39)60/h3-8,11,18,23-25,30,33,39H,2,9-10,12-17,19-22,26-27H2,(H,51,63)(H,52,59,60). The zero-order valence-electron chi connectivity index (χ0n) is 34.5.